The van der Waals surface area contributed by atoms with E-state index in [1.165, 1.54) is 11.7 Å². The monoisotopic (exact) mass is 540 g/mol. The number of aromatic nitrogens is 8. The van der Waals surface area contributed by atoms with E-state index in [9.17, 15) is 9.59 Å². The molecule has 0 aliphatic heterocycles. The van der Waals surface area contributed by atoms with Gasteiger partial charge < -0.3 is 9.30 Å². The highest BCUT2D eigenvalue weighted by molar-refractivity contribution is 5.80. The van der Waals surface area contributed by atoms with Gasteiger partial charge >= 0.3 is 5.69 Å². The predicted octanol–water partition coefficient (Wildman–Crippen LogP) is 3.95. The Hall–Kier alpha value is -4.38. The summed E-state index contributed by atoms with van der Waals surface area (Å²) >= 11 is 0. The van der Waals surface area contributed by atoms with Crippen molar-refractivity contribution in [1.82, 2.24) is 39.3 Å². The number of nitrogens with one attached hydrogen (secondary N) is 1. The molecule has 1 aliphatic carbocycles. The third-order valence-electron chi connectivity index (χ3n) is 7.57. The molecule has 1 fully saturated rings. The molecule has 1 unspecified atom stereocenters. The number of tetrazole rings is 1. The average molecular weight is 541 g/mol. The molecule has 11 nitrogen and oxygen atoms in total. The summed E-state index contributed by atoms with van der Waals surface area (Å²) in [5, 5.41) is 14.5. The molecular weight excluding hydrogens is 508 g/mol. The molecule has 0 spiro atoms. The maximum absolute atomic E-state index is 13.8. The Labute approximate surface area is 230 Å². The van der Waals surface area contributed by atoms with Crippen LogP contribution in [0.25, 0.3) is 33.7 Å². The summed E-state index contributed by atoms with van der Waals surface area (Å²) in [5.41, 5.74) is 4.02. The van der Waals surface area contributed by atoms with E-state index in [2.05, 4.69) is 58.7 Å². The van der Waals surface area contributed by atoms with Gasteiger partial charge in [-0.05, 0) is 47.6 Å². The Morgan fingerprint density at radius 3 is 2.35 bits per heavy atom. The van der Waals surface area contributed by atoms with Gasteiger partial charge in [-0.1, -0.05) is 62.4 Å². The second-order valence-corrected chi connectivity index (χ2v) is 10.7. The summed E-state index contributed by atoms with van der Waals surface area (Å²) in [7, 11) is 1.50. The Morgan fingerprint density at radius 1 is 1.00 bits per heavy atom. The van der Waals surface area contributed by atoms with Crippen LogP contribution in [0.15, 0.2) is 58.1 Å². The van der Waals surface area contributed by atoms with E-state index in [4.69, 9.17) is 9.72 Å². The Kier molecular flexibility index (Phi) is 6.67. The number of hydrogen-bond acceptors (Lipinski definition) is 7. The van der Waals surface area contributed by atoms with Gasteiger partial charge in [-0.2, -0.15) is 5.21 Å². The van der Waals surface area contributed by atoms with Crippen LogP contribution in [0.1, 0.15) is 57.1 Å². The molecule has 2 aromatic carbocycles. The molecule has 1 aliphatic rings. The van der Waals surface area contributed by atoms with E-state index in [1.807, 2.05) is 28.8 Å². The van der Waals surface area contributed by atoms with Gasteiger partial charge in [0.2, 0.25) is 5.82 Å². The van der Waals surface area contributed by atoms with Crippen molar-refractivity contribution in [3.63, 3.8) is 0 Å². The molecule has 1 N–H and O–H groups in total. The highest BCUT2D eigenvalue weighted by atomic mass is 16.5. The van der Waals surface area contributed by atoms with E-state index < -0.39 is 6.23 Å². The molecule has 3 heterocycles. The molecular formula is C29H32N8O3. The van der Waals surface area contributed by atoms with E-state index in [1.54, 1.807) is 11.5 Å². The molecule has 5 aromatic rings. The lowest BCUT2D eigenvalue weighted by Crippen LogP contribution is -2.43. The van der Waals surface area contributed by atoms with E-state index >= 15 is 0 Å². The molecule has 6 rings (SSSR count). The molecule has 206 valence electrons. The smallest absolute Gasteiger partial charge is 0.334 e. The fraction of sp³-hybridized carbons (Fsp3) is 0.379. The summed E-state index contributed by atoms with van der Waals surface area (Å²) < 4.78 is 10.3. The van der Waals surface area contributed by atoms with Crippen LogP contribution in [0.3, 0.4) is 0 Å². The molecule has 0 amide bonds. The number of imidazole rings is 1. The zero-order valence-corrected chi connectivity index (χ0v) is 23.0. The van der Waals surface area contributed by atoms with Gasteiger partial charge in [0.05, 0.1) is 0 Å². The standard InChI is InChI=1S/C29H32N8O3/c1-17(2)26-30-27-24(28(38)37(18(3)40-4)29(39)36(27)16-19-9-10-19)35(26)15-20-11-13-21(14-12-20)22-7-5-6-8-23(22)25-31-33-34-32-25/h5-8,11-14,17-19H,9-10,15-16H2,1-4H3,(H,31,32,33,34). The number of benzene rings is 2. The van der Waals surface area contributed by atoms with Gasteiger partial charge in [0.15, 0.2) is 11.2 Å². The Bertz CT molecular complexity index is 1780. The number of rotatable bonds is 9. The first-order valence-electron chi connectivity index (χ1n) is 13.6. The first-order valence-corrected chi connectivity index (χ1v) is 13.6. The first-order chi connectivity index (χ1) is 19.4. The van der Waals surface area contributed by atoms with Crippen LogP contribution in [0.4, 0.5) is 0 Å². The lowest BCUT2D eigenvalue weighted by molar-refractivity contribution is 0.0529. The summed E-state index contributed by atoms with van der Waals surface area (Å²) in [6.45, 7) is 6.81. The first kappa shape index (κ1) is 25.9. The van der Waals surface area contributed by atoms with Crippen molar-refractivity contribution in [1.29, 1.82) is 0 Å². The molecule has 1 saturated carbocycles. The number of fused-ring (bicyclic) bond motifs is 1. The van der Waals surface area contributed by atoms with E-state index in [0.29, 0.717) is 36.0 Å². The molecule has 11 heteroatoms. The topological polar surface area (TPSA) is 126 Å². The molecule has 1 atom stereocenters. The lowest BCUT2D eigenvalue weighted by atomic mass is 9.98. The minimum absolute atomic E-state index is 0.0469. The summed E-state index contributed by atoms with van der Waals surface area (Å²) in [4.78, 5) is 32.2. The van der Waals surface area contributed by atoms with Crippen molar-refractivity contribution in [2.45, 2.75) is 58.8 Å². The molecule has 40 heavy (non-hydrogen) atoms. The number of nitrogens with zero attached hydrogens (tertiary/aromatic N) is 7. The molecule has 0 radical (unpaired) electrons. The zero-order chi connectivity index (χ0) is 28.0. The normalized spacial score (nSPS) is 14.3. The number of ether oxygens (including phenoxy) is 1. The molecule has 0 bridgehead atoms. The average Bonchev–Trinajstić information content (AvgIpc) is 3.45. The summed E-state index contributed by atoms with van der Waals surface area (Å²) in [5.74, 6) is 1.78. The van der Waals surface area contributed by atoms with Gasteiger partial charge in [-0.3, -0.25) is 9.36 Å². The Morgan fingerprint density at radius 2 is 1.73 bits per heavy atom. The van der Waals surface area contributed by atoms with Gasteiger partial charge in [-0.25, -0.2) is 14.3 Å². The van der Waals surface area contributed by atoms with Gasteiger partial charge in [-0.15, -0.1) is 10.2 Å². The highest BCUT2D eigenvalue weighted by Gasteiger charge is 2.29. The number of hydrogen-bond donors (Lipinski definition) is 1. The van der Waals surface area contributed by atoms with E-state index in [0.717, 1.165) is 40.9 Å². The fourth-order valence-electron chi connectivity index (χ4n) is 5.21. The summed E-state index contributed by atoms with van der Waals surface area (Å²) in [6.07, 6.45) is 1.46. The van der Waals surface area contributed by atoms with Crippen molar-refractivity contribution in [3.8, 4) is 22.5 Å². The van der Waals surface area contributed by atoms with Crippen LogP contribution >= 0.6 is 0 Å². The number of aromatic amines is 1. The van der Waals surface area contributed by atoms with Gasteiger partial charge in [0.25, 0.3) is 5.56 Å². The van der Waals surface area contributed by atoms with Crippen molar-refractivity contribution < 1.29 is 4.74 Å². The maximum atomic E-state index is 13.8. The molecule has 0 saturated heterocycles. The quantitative estimate of drug-likeness (QED) is 0.300. The van der Waals surface area contributed by atoms with Gasteiger partial charge in [0.1, 0.15) is 12.1 Å². The van der Waals surface area contributed by atoms with Gasteiger partial charge in [0, 0.05) is 31.7 Å². The zero-order valence-electron chi connectivity index (χ0n) is 23.0. The largest absolute Gasteiger partial charge is 0.361 e. The van der Waals surface area contributed by atoms with Crippen LogP contribution in [0, 0.1) is 5.92 Å². The van der Waals surface area contributed by atoms with Crippen LogP contribution in [-0.4, -0.2) is 46.4 Å². The summed E-state index contributed by atoms with van der Waals surface area (Å²) in [6, 6.07) is 16.1. The molecule has 3 aromatic heterocycles. The van der Waals surface area contributed by atoms with Crippen molar-refractivity contribution >= 4 is 11.2 Å². The second-order valence-electron chi connectivity index (χ2n) is 10.7. The lowest BCUT2D eigenvalue weighted by Gasteiger charge is -2.17. The van der Waals surface area contributed by atoms with Crippen molar-refractivity contribution in [2.24, 2.45) is 5.92 Å². The Balaban J connectivity index is 1.45. The minimum atomic E-state index is -0.695. The predicted molar refractivity (Wildman–Crippen MR) is 151 cm³/mol. The SMILES string of the molecule is COC(C)n1c(=O)c2c(nc(C(C)C)n2Cc2ccc(-c3ccccc3-c3nn[nH]n3)cc2)n(CC2CC2)c1=O. The third kappa shape index (κ3) is 4.56. The van der Waals surface area contributed by atoms with E-state index in [-0.39, 0.29) is 17.2 Å². The third-order valence-corrected chi connectivity index (χ3v) is 7.57. The maximum Gasteiger partial charge on any atom is 0.334 e. The highest BCUT2D eigenvalue weighted by Crippen LogP contribution is 2.32. The second kappa shape index (κ2) is 10.3. The van der Waals surface area contributed by atoms with Crippen LogP contribution in [0.2, 0.25) is 0 Å². The van der Waals surface area contributed by atoms with Crippen LogP contribution < -0.4 is 11.2 Å². The van der Waals surface area contributed by atoms with Crippen LogP contribution in [0.5, 0.6) is 0 Å². The number of H-pyrrole nitrogens is 1. The fourth-order valence-corrected chi connectivity index (χ4v) is 5.21. The van der Waals surface area contributed by atoms with Crippen molar-refractivity contribution in [3.05, 3.63) is 80.8 Å². The minimum Gasteiger partial charge on any atom is -0.361 e. The van der Waals surface area contributed by atoms with Crippen molar-refractivity contribution in [2.75, 3.05) is 7.11 Å². The number of methoxy groups -OCH3 is 1. The van der Waals surface area contributed by atoms with Crippen LogP contribution in [-0.2, 0) is 17.8 Å².